The molecule has 0 spiro atoms. The van der Waals surface area contributed by atoms with E-state index < -0.39 is 17.5 Å². The van der Waals surface area contributed by atoms with Crippen molar-refractivity contribution in [1.29, 1.82) is 0 Å². The maximum atomic E-state index is 15.1. The molecule has 0 saturated carbocycles. The highest BCUT2D eigenvalue weighted by atomic mass is 19.2. The Labute approximate surface area is 180 Å². The summed E-state index contributed by atoms with van der Waals surface area (Å²) >= 11 is 0. The number of fused-ring (bicyclic) bond motifs is 2. The van der Waals surface area contributed by atoms with E-state index in [4.69, 9.17) is 18.9 Å². The van der Waals surface area contributed by atoms with Crippen LogP contribution in [0.25, 0.3) is 0 Å². The molecule has 0 bridgehead atoms. The molecule has 1 fully saturated rings. The first kappa shape index (κ1) is 21.8. The maximum absolute atomic E-state index is 15.1. The van der Waals surface area contributed by atoms with Crippen LogP contribution in [0.2, 0.25) is 0 Å². The van der Waals surface area contributed by atoms with E-state index in [2.05, 4.69) is 6.92 Å². The molecule has 2 aliphatic rings. The van der Waals surface area contributed by atoms with E-state index in [0.29, 0.717) is 23.7 Å². The van der Waals surface area contributed by atoms with Gasteiger partial charge in [-0.1, -0.05) is 19.4 Å². The monoisotopic (exact) mass is 436 g/mol. The second-order valence-corrected chi connectivity index (χ2v) is 8.07. The van der Waals surface area contributed by atoms with Gasteiger partial charge in [0.05, 0.1) is 12.7 Å². The quantitative estimate of drug-likeness (QED) is 0.444. The van der Waals surface area contributed by atoms with E-state index in [1.165, 1.54) is 12.1 Å². The van der Waals surface area contributed by atoms with E-state index in [1.54, 1.807) is 13.0 Å². The molecule has 2 aliphatic heterocycles. The summed E-state index contributed by atoms with van der Waals surface area (Å²) in [5.41, 5.74) is 0.933. The molecule has 4 nitrogen and oxygen atoms in total. The molecular formula is C24H27F3O4. The van der Waals surface area contributed by atoms with E-state index in [0.717, 1.165) is 25.7 Å². The first-order valence-electron chi connectivity index (χ1n) is 10.9. The van der Waals surface area contributed by atoms with Crippen molar-refractivity contribution in [1.82, 2.24) is 0 Å². The van der Waals surface area contributed by atoms with Crippen molar-refractivity contribution < 1.29 is 32.1 Å². The molecule has 4 rings (SSSR count). The van der Waals surface area contributed by atoms with Crippen LogP contribution in [0.1, 0.15) is 50.7 Å². The number of hydrogen-bond donors (Lipinski definition) is 0. The molecule has 0 aromatic heterocycles. The normalized spacial score (nSPS) is 19.9. The Morgan fingerprint density at radius 1 is 0.935 bits per heavy atom. The standard InChI is InChI=1S/C24H27F3O4/c1-3-5-14-6-8-17(29-12-14)13-30-18-9-7-15-10-16-11-19(28-4-2)20(25)22(27)24(16)31-23(15)21(18)26/h7,9,11,14,17H,3-6,8,10,12-13H2,1-2H3. The average molecular weight is 436 g/mol. The van der Waals surface area contributed by atoms with Crippen molar-refractivity contribution in [3.8, 4) is 23.0 Å². The summed E-state index contributed by atoms with van der Waals surface area (Å²) in [4.78, 5) is 0. The molecule has 1 saturated heterocycles. The molecule has 7 heteroatoms. The van der Waals surface area contributed by atoms with Gasteiger partial charge in [0.15, 0.2) is 23.0 Å². The number of hydrogen-bond acceptors (Lipinski definition) is 4. The second-order valence-electron chi connectivity index (χ2n) is 8.07. The summed E-state index contributed by atoms with van der Waals surface area (Å²) < 4.78 is 65.9. The Balaban J connectivity index is 1.47. The number of rotatable bonds is 7. The molecule has 2 aromatic carbocycles. The molecule has 0 aliphatic carbocycles. The lowest BCUT2D eigenvalue weighted by Gasteiger charge is -2.29. The zero-order chi connectivity index (χ0) is 22.0. The van der Waals surface area contributed by atoms with Crippen molar-refractivity contribution in [3.63, 3.8) is 0 Å². The van der Waals surface area contributed by atoms with Crippen LogP contribution in [0, 0.1) is 23.4 Å². The lowest BCUT2D eigenvalue weighted by Crippen LogP contribution is -2.30. The maximum Gasteiger partial charge on any atom is 0.207 e. The van der Waals surface area contributed by atoms with Crippen molar-refractivity contribution in [2.75, 3.05) is 19.8 Å². The molecule has 0 N–H and O–H groups in total. The predicted octanol–water partition coefficient (Wildman–Crippen LogP) is 6.17. The van der Waals surface area contributed by atoms with Crippen LogP contribution in [0.4, 0.5) is 13.2 Å². The van der Waals surface area contributed by atoms with Gasteiger partial charge in [-0.25, -0.2) is 0 Å². The van der Waals surface area contributed by atoms with E-state index in [1.807, 2.05) is 0 Å². The zero-order valence-electron chi connectivity index (χ0n) is 17.8. The summed E-state index contributed by atoms with van der Waals surface area (Å²) in [6, 6.07) is 4.61. The minimum absolute atomic E-state index is 0.00768. The summed E-state index contributed by atoms with van der Waals surface area (Å²) in [5.74, 6) is -3.11. The molecule has 2 heterocycles. The van der Waals surface area contributed by atoms with Gasteiger partial charge >= 0.3 is 0 Å². The van der Waals surface area contributed by atoms with Gasteiger partial charge < -0.3 is 18.9 Å². The van der Waals surface area contributed by atoms with Gasteiger partial charge in [-0.15, -0.1) is 0 Å². The van der Waals surface area contributed by atoms with Crippen LogP contribution in [0.3, 0.4) is 0 Å². The van der Waals surface area contributed by atoms with Crippen molar-refractivity contribution in [2.24, 2.45) is 5.92 Å². The van der Waals surface area contributed by atoms with Crippen LogP contribution in [0.15, 0.2) is 18.2 Å². The fraction of sp³-hybridized carbons (Fsp3) is 0.500. The SMILES string of the molecule is CCCC1CCC(COc2ccc3c(c2F)Oc2c(cc(OCC)c(F)c2F)C3)OC1. The molecule has 168 valence electrons. The lowest BCUT2D eigenvalue weighted by atomic mass is 9.94. The Hall–Kier alpha value is -2.41. The first-order valence-corrected chi connectivity index (χ1v) is 10.9. The van der Waals surface area contributed by atoms with Crippen molar-refractivity contribution in [2.45, 2.75) is 52.1 Å². The molecule has 0 radical (unpaired) electrons. The lowest BCUT2D eigenvalue weighted by molar-refractivity contribution is -0.0396. The second kappa shape index (κ2) is 9.39. The topological polar surface area (TPSA) is 36.9 Å². The molecule has 2 atom stereocenters. The minimum atomic E-state index is -1.19. The van der Waals surface area contributed by atoms with Crippen LogP contribution < -0.4 is 14.2 Å². The molecule has 2 aromatic rings. The summed E-state index contributed by atoms with van der Waals surface area (Å²) in [7, 11) is 0. The first-order chi connectivity index (χ1) is 15.0. The molecule has 0 amide bonds. The van der Waals surface area contributed by atoms with Gasteiger partial charge in [0, 0.05) is 24.2 Å². The third-order valence-corrected chi connectivity index (χ3v) is 5.82. The highest BCUT2D eigenvalue weighted by Crippen LogP contribution is 2.44. The van der Waals surface area contributed by atoms with Gasteiger partial charge in [0.1, 0.15) is 6.61 Å². The third kappa shape index (κ3) is 4.47. The van der Waals surface area contributed by atoms with E-state index in [9.17, 15) is 8.78 Å². The summed E-state index contributed by atoms with van der Waals surface area (Å²) in [5, 5.41) is 0. The highest BCUT2D eigenvalue weighted by Gasteiger charge is 2.30. The fourth-order valence-electron chi connectivity index (χ4n) is 4.19. The molecular weight excluding hydrogens is 409 g/mol. The largest absolute Gasteiger partial charge is 0.491 e. The van der Waals surface area contributed by atoms with E-state index in [-0.39, 0.29) is 48.7 Å². The average Bonchev–Trinajstić information content (AvgIpc) is 2.77. The minimum Gasteiger partial charge on any atom is -0.491 e. The Kier molecular flexibility index (Phi) is 6.60. The van der Waals surface area contributed by atoms with Gasteiger partial charge in [0.2, 0.25) is 17.5 Å². The number of benzene rings is 2. The van der Waals surface area contributed by atoms with Crippen LogP contribution in [-0.4, -0.2) is 25.9 Å². The summed E-state index contributed by atoms with van der Waals surface area (Å²) in [6.07, 6.45) is 4.33. The molecule has 2 unspecified atom stereocenters. The Morgan fingerprint density at radius 2 is 1.74 bits per heavy atom. The number of ether oxygens (including phenoxy) is 4. The Bertz CT molecular complexity index is 939. The van der Waals surface area contributed by atoms with Gasteiger partial charge in [-0.3, -0.25) is 0 Å². The van der Waals surface area contributed by atoms with Crippen LogP contribution >= 0.6 is 0 Å². The van der Waals surface area contributed by atoms with Crippen LogP contribution in [0.5, 0.6) is 23.0 Å². The van der Waals surface area contributed by atoms with E-state index >= 15 is 4.39 Å². The van der Waals surface area contributed by atoms with Crippen molar-refractivity contribution in [3.05, 3.63) is 46.8 Å². The van der Waals surface area contributed by atoms with Crippen LogP contribution in [-0.2, 0) is 11.2 Å². The zero-order valence-corrected chi connectivity index (χ0v) is 17.8. The number of halogens is 3. The van der Waals surface area contributed by atoms with Gasteiger partial charge in [-0.05, 0) is 44.2 Å². The van der Waals surface area contributed by atoms with Crippen molar-refractivity contribution >= 4 is 0 Å². The highest BCUT2D eigenvalue weighted by molar-refractivity contribution is 5.55. The van der Waals surface area contributed by atoms with Gasteiger partial charge in [-0.2, -0.15) is 13.2 Å². The predicted molar refractivity (Wildman–Crippen MR) is 110 cm³/mol. The smallest absolute Gasteiger partial charge is 0.207 e. The fourth-order valence-corrected chi connectivity index (χ4v) is 4.19. The molecule has 31 heavy (non-hydrogen) atoms. The summed E-state index contributed by atoms with van der Waals surface area (Å²) in [6.45, 7) is 4.97. The van der Waals surface area contributed by atoms with Gasteiger partial charge in [0.25, 0.3) is 0 Å². The Morgan fingerprint density at radius 3 is 2.45 bits per heavy atom. The third-order valence-electron chi connectivity index (χ3n) is 5.82.